The number of hydrogen-bond acceptors (Lipinski definition) is 5. The number of aromatic amines is 1. The molecule has 1 fully saturated rings. The van der Waals surface area contributed by atoms with Crippen LogP contribution in [0.5, 0.6) is 0 Å². The summed E-state index contributed by atoms with van der Waals surface area (Å²) < 4.78 is 6.45. The van der Waals surface area contributed by atoms with Gasteiger partial charge in [-0.3, -0.25) is 14.2 Å². The molecular weight excluding hydrogens is 366 g/mol. The molecule has 1 amide bonds. The summed E-state index contributed by atoms with van der Waals surface area (Å²) in [6.07, 6.45) is 4.27. The van der Waals surface area contributed by atoms with Gasteiger partial charge in [-0.25, -0.2) is 4.79 Å². The van der Waals surface area contributed by atoms with Crippen molar-refractivity contribution in [2.75, 3.05) is 20.2 Å². The molecule has 1 saturated heterocycles. The fraction of sp³-hybridized carbons (Fsp3) is 0.474. The number of H-pyrrole nitrogens is 1. The monoisotopic (exact) mass is 389 g/mol. The van der Waals surface area contributed by atoms with Crippen LogP contribution < -0.4 is 5.56 Å². The van der Waals surface area contributed by atoms with Crippen molar-refractivity contribution in [3.05, 3.63) is 38.9 Å². The van der Waals surface area contributed by atoms with Gasteiger partial charge in [-0.05, 0) is 56.1 Å². The number of ether oxygens (including phenoxy) is 1. The second-order valence-corrected chi connectivity index (χ2v) is 7.07. The van der Waals surface area contributed by atoms with Crippen LogP contribution in [0.2, 0.25) is 0 Å². The Hall–Kier alpha value is -2.48. The molecule has 0 unspecified atom stereocenters. The molecule has 2 aromatic rings. The van der Waals surface area contributed by atoms with E-state index in [0.717, 1.165) is 25.9 Å². The molecular formula is C19H23N3O4S. The van der Waals surface area contributed by atoms with E-state index in [9.17, 15) is 14.4 Å². The minimum Gasteiger partial charge on any atom is -0.465 e. The average Bonchev–Trinajstić information content (AvgIpc) is 2.69. The van der Waals surface area contributed by atoms with Crippen LogP contribution in [0.25, 0.3) is 10.9 Å². The number of hydrogen-bond donors (Lipinski definition) is 1. The second-order valence-electron chi connectivity index (χ2n) is 6.68. The smallest absolute Gasteiger partial charge is 0.337 e. The molecule has 1 aromatic carbocycles. The summed E-state index contributed by atoms with van der Waals surface area (Å²) >= 11 is 5.30. The number of fused-ring (bicyclic) bond motifs is 1. The Balaban J connectivity index is 1.75. The fourth-order valence-corrected chi connectivity index (χ4v) is 3.68. The number of carbonyl (C=O) groups is 2. The molecule has 7 nitrogen and oxygen atoms in total. The second kappa shape index (κ2) is 8.47. The molecule has 27 heavy (non-hydrogen) atoms. The molecule has 0 saturated carbocycles. The highest BCUT2D eigenvalue weighted by Crippen LogP contribution is 2.13. The third-order valence-electron chi connectivity index (χ3n) is 4.88. The molecule has 2 heterocycles. The van der Waals surface area contributed by atoms with Crippen LogP contribution in [0.3, 0.4) is 0 Å². The highest BCUT2D eigenvalue weighted by Gasteiger charge is 2.16. The first-order valence-corrected chi connectivity index (χ1v) is 9.55. The van der Waals surface area contributed by atoms with Crippen molar-refractivity contribution >= 4 is 35.0 Å². The number of benzene rings is 1. The highest BCUT2D eigenvalue weighted by atomic mass is 32.1. The number of piperidine rings is 1. The van der Waals surface area contributed by atoms with Crippen LogP contribution in [-0.2, 0) is 16.1 Å². The Morgan fingerprint density at radius 1 is 1.22 bits per heavy atom. The number of amides is 1. The summed E-state index contributed by atoms with van der Waals surface area (Å²) in [5.41, 5.74) is 0.615. The van der Waals surface area contributed by atoms with E-state index in [-0.39, 0.29) is 16.2 Å². The zero-order valence-corrected chi connectivity index (χ0v) is 16.1. The topological polar surface area (TPSA) is 84.4 Å². The van der Waals surface area contributed by atoms with Crippen LogP contribution in [-0.4, -0.2) is 46.5 Å². The Kier molecular flexibility index (Phi) is 6.05. The first-order chi connectivity index (χ1) is 13.0. The molecule has 0 bridgehead atoms. The van der Waals surface area contributed by atoms with Crippen molar-refractivity contribution in [2.45, 2.75) is 38.6 Å². The molecule has 0 spiro atoms. The molecule has 1 aromatic heterocycles. The van der Waals surface area contributed by atoms with Crippen molar-refractivity contribution in [3.63, 3.8) is 0 Å². The van der Waals surface area contributed by atoms with Crippen LogP contribution in [0.1, 0.15) is 42.5 Å². The molecule has 1 N–H and O–H groups in total. The first kappa shape index (κ1) is 19.3. The van der Waals surface area contributed by atoms with E-state index in [0.29, 0.717) is 35.9 Å². The van der Waals surface area contributed by atoms with Crippen LogP contribution >= 0.6 is 12.2 Å². The minimum absolute atomic E-state index is 0.140. The van der Waals surface area contributed by atoms with Crippen molar-refractivity contribution < 1.29 is 14.3 Å². The number of nitrogens with zero attached hydrogens (tertiary/aromatic N) is 2. The Morgan fingerprint density at radius 2 is 1.96 bits per heavy atom. The number of esters is 1. The number of aromatic nitrogens is 2. The van der Waals surface area contributed by atoms with Crippen molar-refractivity contribution in [3.8, 4) is 0 Å². The van der Waals surface area contributed by atoms with Gasteiger partial charge >= 0.3 is 5.97 Å². The SMILES string of the molecule is COC(=O)c1ccc2c(=O)n(CCCC(=O)N3CCCCC3)c(=S)[nH]c2c1. The van der Waals surface area contributed by atoms with Gasteiger partial charge in [-0.2, -0.15) is 0 Å². The van der Waals surface area contributed by atoms with Gasteiger partial charge in [0.25, 0.3) is 5.56 Å². The fourth-order valence-electron chi connectivity index (χ4n) is 3.39. The Bertz CT molecular complexity index is 973. The van der Waals surface area contributed by atoms with Gasteiger partial charge in [0.15, 0.2) is 4.77 Å². The number of methoxy groups -OCH3 is 1. The maximum atomic E-state index is 12.7. The third kappa shape index (κ3) is 4.27. The predicted octanol–water partition coefficient (Wildman–Crippen LogP) is 2.64. The van der Waals surface area contributed by atoms with Crippen molar-refractivity contribution in [1.82, 2.24) is 14.5 Å². The summed E-state index contributed by atoms with van der Waals surface area (Å²) in [6.45, 7) is 2.04. The van der Waals surface area contributed by atoms with Gasteiger partial charge in [0.1, 0.15) is 0 Å². The Morgan fingerprint density at radius 3 is 2.67 bits per heavy atom. The zero-order valence-electron chi connectivity index (χ0n) is 15.3. The quantitative estimate of drug-likeness (QED) is 0.628. The minimum atomic E-state index is -0.475. The van der Waals surface area contributed by atoms with Crippen molar-refractivity contribution in [1.29, 1.82) is 0 Å². The Labute approximate surface area is 161 Å². The molecule has 8 heteroatoms. The maximum Gasteiger partial charge on any atom is 0.337 e. The predicted molar refractivity (Wildman–Crippen MR) is 104 cm³/mol. The summed E-state index contributed by atoms with van der Waals surface area (Å²) in [4.78, 5) is 41.6. The van der Waals surface area contributed by atoms with Crippen LogP contribution in [0.4, 0.5) is 0 Å². The van der Waals surface area contributed by atoms with Gasteiger partial charge < -0.3 is 14.6 Å². The van der Waals surface area contributed by atoms with E-state index >= 15 is 0 Å². The standard InChI is InChI=1S/C19H23N3O4S/c1-26-18(25)13-7-8-14-15(12-13)20-19(27)22(17(14)24)11-5-6-16(23)21-9-3-2-4-10-21/h7-8,12H,2-6,9-11H2,1H3,(H,20,27). The van der Waals surface area contributed by atoms with Gasteiger partial charge in [0, 0.05) is 26.1 Å². The lowest BCUT2D eigenvalue weighted by Gasteiger charge is -2.26. The van der Waals surface area contributed by atoms with Crippen LogP contribution in [0, 0.1) is 4.77 Å². The average molecular weight is 389 g/mol. The van der Waals surface area contributed by atoms with Gasteiger partial charge in [0.2, 0.25) is 5.91 Å². The molecule has 3 rings (SSSR count). The number of nitrogens with one attached hydrogen (secondary N) is 1. The van der Waals surface area contributed by atoms with E-state index in [1.165, 1.54) is 18.1 Å². The molecule has 0 radical (unpaired) electrons. The summed E-state index contributed by atoms with van der Waals surface area (Å²) in [5, 5.41) is 0.443. The lowest BCUT2D eigenvalue weighted by atomic mass is 10.1. The summed E-state index contributed by atoms with van der Waals surface area (Å²) in [6, 6.07) is 4.70. The molecule has 0 aliphatic carbocycles. The number of rotatable bonds is 5. The van der Waals surface area contributed by atoms with Gasteiger partial charge in [-0.15, -0.1) is 0 Å². The highest BCUT2D eigenvalue weighted by molar-refractivity contribution is 7.71. The zero-order chi connectivity index (χ0) is 19.4. The lowest BCUT2D eigenvalue weighted by Crippen LogP contribution is -2.35. The maximum absolute atomic E-state index is 12.7. The van der Waals surface area contributed by atoms with Crippen molar-refractivity contribution in [2.24, 2.45) is 0 Å². The lowest BCUT2D eigenvalue weighted by molar-refractivity contribution is -0.132. The normalized spacial score (nSPS) is 14.3. The van der Waals surface area contributed by atoms with E-state index < -0.39 is 5.97 Å². The summed E-state index contributed by atoms with van der Waals surface area (Å²) in [5.74, 6) is -0.335. The third-order valence-corrected chi connectivity index (χ3v) is 5.21. The number of likely N-dealkylation sites (tertiary alicyclic amines) is 1. The first-order valence-electron chi connectivity index (χ1n) is 9.14. The van der Waals surface area contributed by atoms with E-state index in [1.54, 1.807) is 18.2 Å². The summed E-state index contributed by atoms with van der Waals surface area (Å²) in [7, 11) is 1.30. The number of carbonyl (C=O) groups excluding carboxylic acids is 2. The molecule has 1 aliphatic rings. The van der Waals surface area contributed by atoms with Crippen LogP contribution in [0.15, 0.2) is 23.0 Å². The van der Waals surface area contributed by atoms with Gasteiger partial charge in [0.05, 0.1) is 23.6 Å². The van der Waals surface area contributed by atoms with E-state index in [2.05, 4.69) is 4.98 Å². The van der Waals surface area contributed by atoms with E-state index in [4.69, 9.17) is 17.0 Å². The largest absolute Gasteiger partial charge is 0.465 e. The van der Waals surface area contributed by atoms with Gasteiger partial charge in [-0.1, -0.05) is 0 Å². The molecule has 1 aliphatic heterocycles. The molecule has 0 atom stereocenters. The molecule has 144 valence electrons. The van der Waals surface area contributed by atoms with E-state index in [1.807, 2.05) is 4.90 Å².